The van der Waals surface area contributed by atoms with Gasteiger partial charge in [-0.2, -0.15) is 0 Å². The van der Waals surface area contributed by atoms with Crippen LogP contribution in [-0.4, -0.2) is 6.29 Å². The summed E-state index contributed by atoms with van der Waals surface area (Å²) in [5.74, 6) is 0.358. The number of aldehydes is 1. The van der Waals surface area contributed by atoms with Gasteiger partial charge in [-0.1, -0.05) is 17.7 Å². The zero-order chi connectivity index (χ0) is 10.3. The van der Waals surface area contributed by atoms with Crippen molar-refractivity contribution in [1.29, 1.82) is 0 Å². The first-order valence-electron chi connectivity index (χ1n) is 4.28. The summed E-state index contributed by atoms with van der Waals surface area (Å²) < 4.78 is 5.36. The van der Waals surface area contributed by atoms with Crippen molar-refractivity contribution >= 4 is 28.9 Å². The molecule has 0 aliphatic heterocycles. The van der Waals surface area contributed by atoms with Crippen molar-refractivity contribution in [3.8, 4) is 0 Å². The zero-order valence-corrected chi connectivity index (χ0v) is 8.68. The fourth-order valence-corrected chi connectivity index (χ4v) is 1.84. The van der Waals surface area contributed by atoms with Crippen molar-refractivity contribution in [3.63, 3.8) is 0 Å². The summed E-state index contributed by atoms with van der Waals surface area (Å²) in [4.78, 5) is 10.7. The number of rotatable bonds is 1. The van der Waals surface area contributed by atoms with Crippen LogP contribution in [0.3, 0.4) is 0 Å². The molecule has 1 heterocycles. The number of aryl methyl sites for hydroxylation is 2. The van der Waals surface area contributed by atoms with E-state index in [0.717, 1.165) is 16.5 Å². The maximum Gasteiger partial charge on any atom is 0.185 e. The third-order valence-corrected chi connectivity index (χ3v) is 2.68. The first kappa shape index (κ1) is 9.28. The van der Waals surface area contributed by atoms with Gasteiger partial charge in [-0.3, -0.25) is 4.79 Å². The van der Waals surface area contributed by atoms with Crippen molar-refractivity contribution < 1.29 is 9.21 Å². The molecule has 0 saturated heterocycles. The van der Waals surface area contributed by atoms with Crippen LogP contribution < -0.4 is 0 Å². The molecule has 1 aromatic heterocycles. The number of benzene rings is 1. The Labute approximate surface area is 86.5 Å². The molecule has 14 heavy (non-hydrogen) atoms. The summed E-state index contributed by atoms with van der Waals surface area (Å²) in [5.41, 5.74) is 2.53. The standard InChI is InChI=1S/C11H9ClO2/c1-6-3-4-8(12)11-10(6)7(2)9(5-13)14-11/h3-5H,1-2H3. The van der Waals surface area contributed by atoms with E-state index in [1.807, 2.05) is 19.9 Å². The van der Waals surface area contributed by atoms with Crippen LogP contribution in [0.2, 0.25) is 5.02 Å². The lowest BCUT2D eigenvalue weighted by molar-refractivity contribution is 0.110. The van der Waals surface area contributed by atoms with E-state index in [0.29, 0.717) is 22.7 Å². The first-order valence-corrected chi connectivity index (χ1v) is 4.66. The van der Waals surface area contributed by atoms with Gasteiger partial charge in [0, 0.05) is 10.9 Å². The molecule has 72 valence electrons. The highest BCUT2D eigenvalue weighted by atomic mass is 35.5. The van der Waals surface area contributed by atoms with E-state index in [1.54, 1.807) is 6.07 Å². The summed E-state index contributed by atoms with van der Waals surface area (Å²) in [5, 5.41) is 1.49. The highest BCUT2D eigenvalue weighted by Gasteiger charge is 2.13. The summed E-state index contributed by atoms with van der Waals surface area (Å²) in [7, 11) is 0. The lowest BCUT2D eigenvalue weighted by Crippen LogP contribution is -1.79. The van der Waals surface area contributed by atoms with Crippen LogP contribution in [0.25, 0.3) is 11.0 Å². The maximum atomic E-state index is 10.7. The first-order chi connectivity index (χ1) is 6.65. The number of hydrogen-bond acceptors (Lipinski definition) is 2. The number of furan rings is 1. The Morgan fingerprint density at radius 1 is 1.36 bits per heavy atom. The van der Waals surface area contributed by atoms with Gasteiger partial charge in [-0.25, -0.2) is 0 Å². The molecule has 2 rings (SSSR count). The van der Waals surface area contributed by atoms with Gasteiger partial charge in [-0.15, -0.1) is 0 Å². The predicted octanol–water partition coefficient (Wildman–Crippen LogP) is 3.52. The highest BCUT2D eigenvalue weighted by molar-refractivity contribution is 6.35. The molecule has 1 aromatic carbocycles. The minimum Gasteiger partial charge on any atom is -0.451 e. The molecule has 0 aliphatic rings. The summed E-state index contributed by atoms with van der Waals surface area (Å²) in [6.07, 6.45) is 0.713. The van der Waals surface area contributed by atoms with E-state index in [9.17, 15) is 4.79 Å². The normalized spacial score (nSPS) is 10.8. The molecule has 0 bridgehead atoms. The minimum atomic E-state index is 0.358. The summed E-state index contributed by atoms with van der Waals surface area (Å²) in [6.45, 7) is 3.83. The number of hydrogen-bond donors (Lipinski definition) is 0. The Kier molecular flexibility index (Phi) is 2.08. The molecule has 0 N–H and O–H groups in total. The zero-order valence-electron chi connectivity index (χ0n) is 7.93. The molecule has 0 unspecified atom stereocenters. The van der Waals surface area contributed by atoms with Crippen LogP contribution in [0.4, 0.5) is 0 Å². The predicted molar refractivity (Wildman–Crippen MR) is 56.1 cm³/mol. The minimum absolute atomic E-state index is 0.358. The van der Waals surface area contributed by atoms with E-state index in [2.05, 4.69) is 0 Å². The van der Waals surface area contributed by atoms with Gasteiger partial charge >= 0.3 is 0 Å². The molecule has 3 heteroatoms. The fourth-order valence-electron chi connectivity index (χ4n) is 1.64. The quantitative estimate of drug-likeness (QED) is 0.672. The van der Waals surface area contributed by atoms with E-state index in [4.69, 9.17) is 16.0 Å². The third-order valence-electron chi connectivity index (χ3n) is 2.38. The Bertz CT molecular complexity index is 511. The fraction of sp³-hybridized carbons (Fsp3) is 0.182. The van der Waals surface area contributed by atoms with Crippen molar-refractivity contribution in [2.75, 3.05) is 0 Å². The lowest BCUT2D eigenvalue weighted by Gasteiger charge is -1.96. The summed E-state index contributed by atoms with van der Waals surface area (Å²) in [6, 6.07) is 3.69. The Morgan fingerprint density at radius 2 is 2.07 bits per heavy atom. The SMILES string of the molecule is Cc1ccc(Cl)c2oc(C=O)c(C)c12. The van der Waals surface area contributed by atoms with Crippen molar-refractivity contribution in [1.82, 2.24) is 0 Å². The molecule has 0 atom stereocenters. The second-order valence-corrected chi connectivity index (χ2v) is 3.68. The lowest BCUT2D eigenvalue weighted by atomic mass is 10.1. The third kappa shape index (κ3) is 1.15. The van der Waals surface area contributed by atoms with Crippen LogP contribution in [0, 0.1) is 13.8 Å². The Balaban J connectivity index is 2.97. The molecule has 0 aliphatic carbocycles. The summed E-state index contributed by atoms with van der Waals surface area (Å²) >= 11 is 5.96. The van der Waals surface area contributed by atoms with Crippen molar-refractivity contribution in [2.45, 2.75) is 13.8 Å². The van der Waals surface area contributed by atoms with Crippen LogP contribution in [0.1, 0.15) is 21.7 Å². The smallest absolute Gasteiger partial charge is 0.185 e. The largest absolute Gasteiger partial charge is 0.451 e. The molecular formula is C11H9ClO2. The molecule has 0 saturated carbocycles. The molecule has 0 amide bonds. The highest BCUT2D eigenvalue weighted by Crippen LogP contribution is 2.32. The second kappa shape index (κ2) is 3.14. The number of halogens is 1. The molecule has 0 spiro atoms. The van der Waals surface area contributed by atoms with Gasteiger partial charge in [0.15, 0.2) is 17.6 Å². The van der Waals surface area contributed by atoms with E-state index < -0.39 is 0 Å². The number of carbonyl (C=O) groups excluding carboxylic acids is 1. The van der Waals surface area contributed by atoms with Crippen LogP contribution in [0.15, 0.2) is 16.5 Å². The van der Waals surface area contributed by atoms with Crippen LogP contribution in [0.5, 0.6) is 0 Å². The van der Waals surface area contributed by atoms with E-state index in [-0.39, 0.29) is 0 Å². The molecule has 2 aromatic rings. The van der Waals surface area contributed by atoms with Gasteiger partial charge in [0.2, 0.25) is 0 Å². The van der Waals surface area contributed by atoms with Crippen molar-refractivity contribution in [2.24, 2.45) is 0 Å². The van der Waals surface area contributed by atoms with Crippen LogP contribution >= 0.6 is 11.6 Å². The monoisotopic (exact) mass is 208 g/mol. The van der Waals surface area contributed by atoms with Crippen molar-refractivity contribution in [3.05, 3.63) is 34.0 Å². The average molecular weight is 209 g/mol. The van der Waals surface area contributed by atoms with Crippen LogP contribution in [-0.2, 0) is 0 Å². The average Bonchev–Trinajstić information content (AvgIpc) is 2.51. The number of fused-ring (bicyclic) bond motifs is 1. The van der Waals surface area contributed by atoms with E-state index in [1.165, 1.54) is 0 Å². The molecule has 0 radical (unpaired) electrons. The van der Waals surface area contributed by atoms with Gasteiger partial charge in [0.1, 0.15) is 0 Å². The topological polar surface area (TPSA) is 30.2 Å². The van der Waals surface area contributed by atoms with Gasteiger partial charge in [0.25, 0.3) is 0 Å². The Morgan fingerprint density at radius 3 is 2.64 bits per heavy atom. The maximum absolute atomic E-state index is 10.7. The number of carbonyl (C=O) groups is 1. The van der Waals surface area contributed by atoms with E-state index >= 15 is 0 Å². The van der Waals surface area contributed by atoms with Gasteiger partial charge < -0.3 is 4.42 Å². The molecular weight excluding hydrogens is 200 g/mol. The second-order valence-electron chi connectivity index (χ2n) is 3.28. The van der Waals surface area contributed by atoms with Gasteiger partial charge in [-0.05, 0) is 25.5 Å². The Hall–Kier alpha value is -1.28. The molecule has 2 nitrogen and oxygen atoms in total. The van der Waals surface area contributed by atoms with Gasteiger partial charge in [0.05, 0.1) is 5.02 Å². The molecule has 0 fully saturated rings.